The molecule has 3 aliphatic carbocycles. The molecule has 3 heteroatoms. The molecule has 0 aromatic rings. The van der Waals surface area contributed by atoms with Crippen LogP contribution in [-0.4, -0.2) is 27.9 Å². The van der Waals surface area contributed by atoms with Crippen LogP contribution >= 0.6 is 0 Å². The van der Waals surface area contributed by atoms with Gasteiger partial charge in [0.25, 0.3) is 0 Å². The van der Waals surface area contributed by atoms with Crippen LogP contribution in [0.5, 0.6) is 0 Å². The Morgan fingerprint density at radius 2 is 2.12 bits per heavy atom. The highest BCUT2D eigenvalue weighted by molar-refractivity contribution is 5.22. The highest BCUT2D eigenvalue weighted by Crippen LogP contribution is 2.67. The van der Waals surface area contributed by atoms with Crippen LogP contribution in [-0.2, 0) is 4.74 Å². The average molecular weight is 235 g/mol. The molecule has 3 saturated carbocycles. The minimum Gasteiger partial charge on any atom is -0.495 e. The molecule has 4 fully saturated rings. The third kappa shape index (κ3) is 0.953. The van der Waals surface area contributed by atoms with Crippen molar-refractivity contribution in [3.05, 3.63) is 12.0 Å². The van der Waals surface area contributed by atoms with Gasteiger partial charge in [0, 0.05) is 6.42 Å². The van der Waals surface area contributed by atoms with Gasteiger partial charge in [0.1, 0.15) is 6.23 Å². The molecule has 5 aliphatic rings. The highest BCUT2D eigenvalue weighted by Gasteiger charge is 2.69. The zero-order chi connectivity index (χ0) is 12.0. The van der Waals surface area contributed by atoms with E-state index >= 15 is 0 Å². The molecular weight excluding hydrogens is 214 g/mol. The summed E-state index contributed by atoms with van der Waals surface area (Å²) in [5.74, 6) is 1.90. The predicted octanol–water partition coefficient (Wildman–Crippen LogP) is 2.64. The van der Waals surface area contributed by atoms with Crippen molar-refractivity contribution in [1.82, 2.24) is 4.90 Å². The molecule has 2 bridgehead atoms. The Hall–Kier alpha value is -0.700. The minimum atomic E-state index is -0.0504. The number of hydrogen-bond donors (Lipinski definition) is 1. The van der Waals surface area contributed by atoms with Gasteiger partial charge in [0.15, 0.2) is 5.88 Å². The second-order valence-corrected chi connectivity index (χ2v) is 7.02. The van der Waals surface area contributed by atoms with Gasteiger partial charge in [-0.25, -0.2) is 0 Å². The molecule has 3 nitrogen and oxygen atoms in total. The van der Waals surface area contributed by atoms with Crippen molar-refractivity contribution in [1.29, 1.82) is 0 Å². The van der Waals surface area contributed by atoms with Gasteiger partial charge in [-0.15, -0.1) is 0 Å². The SMILES string of the molecule is CC1(C)[C@H]2C[C@@H]3N4C(O)=CC[C@H]4O[C@]3(C)[C@@H]1C2. The van der Waals surface area contributed by atoms with E-state index in [1.165, 1.54) is 12.8 Å². The molecule has 0 unspecified atom stereocenters. The molecule has 1 N–H and O–H groups in total. The van der Waals surface area contributed by atoms with Crippen molar-refractivity contribution < 1.29 is 9.84 Å². The van der Waals surface area contributed by atoms with Crippen molar-refractivity contribution in [2.45, 2.75) is 57.9 Å². The van der Waals surface area contributed by atoms with E-state index in [-0.39, 0.29) is 11.8 Å². The molecule has 17 heavy (non-hydrogen) atoms. The lowest BCUT2D eigenvalue weighted by Gasteiger charge is -2.65. The summed E-state index contributed by atoms with van der Waals surface area (Å²) >= 11 is 0. The molecule has 1 saturated heterocycles. The standard InChI is InChI=1S/C14H21NO2/c1-13(2)8-6-9(13)14(3)10(7-8)15-11(16)4-5-12(15)17-14/h4,8-10,12,16H,5-7H2,1-3H3/t8-,9-,10+,12-,14-/m1/s1. The van der Waals surface area contributed by atoms with Gasteiger partial charge in [0.2, 0.25) is 0 Å². The molecule has 0 aromatic heterocycles. The van der Waals surface area contributed by atoms with Gasteiger partial charge in [-0.05, 0) is 43.1 Å². The molecule has 2 heterocycles. The van der Waals surface area contributed by atoms with E-state index in [9.17, 15) is 5.11 Å². The number of nitrogens with zero attached hydrogens (tertiary/aromatic N) is 1. The Kier molecular flexibility index (Phi) is 1.60. The van der Waals surface area contributed by atoms with Crippen molar-refractivity contribution in [2.24, 2.45) is 17.3 Å². The Labute approximate surface area is 102 Å². The highest BCUT2D eigenvalue weighted by atomic mass is 16.5. The van der Waals surface area contributed by atoms with Gasteiger partial charge < -0.3 is 14.7 Å². The molecule has 5 atom stereocenters. The molecule has 0 aromatic carbocycles. The smallest absolute Gasteiger partial charge is 0.185 e. The summed E-state index contributed by atoms with van der Waals surface area (Å²) in [5.41, 5.74) is 0.371. The Bertz CT molecular complexity index is 416. The van der Waals surface area contributed by atoms with E-state index < -0.39 is 0 Å². The molecule has 2 aliphatic heterocycles. The van der Waals surface area contributed by atoms with Gasteiger partial charge >= 0.3 is 0 Å². The largest absolute Gasteiger partial charge is 0.495 e. The van der Waals surface area contributed by atoms with Crippen LogP contribution in [0.15, 0.2) is 12.0 Å². The van der Waals surface area contributed by atoms with Crippen LogP contribution < -0.4 is 0 Å². The summed E-state index contributed by atoms with van der Waals surface area (Å²) in [6, 6.07) is 0.392. The first-order chi connectivity index (χ1) is 7.94. The minimum absolute atomic E-state index is 0.0504. The van der Waals surface area contributed by atoms with Crippen molar-refractivity contribution >= 4 is 0 Å². The van der Waals surface area contributed by atoms with Crippen LogP contribution in [0.2, 0.25) is 0 Å². The number of ether oxygens (including phenoxy) is 1. The first-order valence-corrected chi connectivity index (χ1v) is 6.80. The van der Waals surface area contributed by atoms with E-state index in [0.717, 1.165) is 12.3 Å². The summed E-state index contributed by atoms with van der Waals surface area (Å²) in [7, 11) is 0. The molecule has 94 valence electrons. The maximum absolute atomic E-state index is 9.99. The normalized spacial score (nSPS) is 53.8. The first kappa shape index (κ1) is 10.2. The van der Waals surface area contributed by atoms with Crippen LogP contribution in [0.4, 0.5) is 0 Å². The summed E-state index contributed by atoms with van der Waals surface area (Å²) in [6.45, 7) is 7.04. The molecule has 0 radical (unpaired) electrons. The summed E-state index contributed by atoms with van der Waals surface area (Å²) in [6.07, 6.45) is 5.32. The van der Waals surface area contributed by atoms with Crippen LogP contribution in [0, 0.1) is 17.3 Å². The fourth-order valence-corrected chi connectivity index (χ4v) is 5.01. The third-order valence-electron chi connectivity index (χ3n) is 6.13. The second kappa shape index (κ2) is 2.66. The van der Waals surface area contributed by atoms with Gasteiger partial charge in [-0.1, -0.05) is 13.8 Å². The second-order valence-electron chi connectivity index (χ2n) is 7.02. The summed E-state index contributed by atoms with van der Waals surface area (Å²) in [4.78, 5) is 2.13. The van der Waals surface area contributed by atoms with Gasteiger partial charge in [-0.2, -0.15) is 0 Å². The van der Waals surface area contributed by atoms with Gasteiger partial charge in [0.05, 0.1) is 11.6 Å². The van der Waals surface area contributed by atoms with Gasteiger partial charge in [-0.3, -0.25) is 0 Å². The van der Waals surface area contributed by atoms with Crippen molar-refractivity contribution in [2.75, 3.05) is 0 Å². The number of rotatable bonds is 0. The number of fused-ring (bicyclic) bond motifs is 1. The van der Waals surface area contributed by atoms with E-state index in [1.807, 2.05) is 6.08 Å². The van der Waals surface area contributed by atoms with Crippen LogP contribution in [0.3, 0.4) is 0 Å². The van der Waals surface area contributed by atoms with E-state index in [1.54, 1.807) is 0 Å². The fourth-order valence-electron chi connectivity index (χ4n) is 5.01. The lowest BCUT2D eigenvalue weighted by atomic mass is 9.43. The van der Waals surface area contributed by atoms with Crippen molar-refractivity contribution in [3.63, 3.8) is 0 Å². The number of hydrogen-bond acceptors (Lipinski definition) is 3. The monoisotopic (exact) mass is 235 g/mol. The van der Waals surface area contributed by atoms with Crippen molar-refractivity contribution in [3.8, 4) is 0 Å². The van der Waals surface area contributed by atoms with E-state index in [4.69, 9.17) is 4.74 Å². The predicted molar refractivity (Wildman–Crippen MR) is 64.2 cm³/mol. The van der Waals surface area contributed by atoms with E-state index in [2.05, 4.69) is 25.7 Å². The topological polar surface area (TPSA) is 32.7 Å². The molecule has 0 amide bonds. The molecule has 0 spiro atoms. The average Bonchev–Trinajstić information content (AvgIpc) is 2.74. The van der Waals surface area contributed by atoms with Crippen LogP contribution in [0.1, 0.15) is 40.0 Å². The Morgan fingerprint density at radius 3 is 2.82 bits per heavy atom. The Morgan fingerprint density at radius 1 is 1.35 bits per heavy atom. The summed E-state index contributed by atoms with van der Waals surface area (Å²) in [5, 5.41) is 9.99. The fraction of sp³-hybridized carbons (Fsp3) is 0.857. The maximum atomic E-state index is 9.99. The lowest BCUT2D eigenvalue weighted by molar-refractivity contribution is -0.208. The molecule has 5 rings (SSSR count). The van der Waals surface area contributed by atoms with Crippen LogP contribution in [0.25, 0.3) is 0 Å². The maximum Gasteiger partial charge on any atom is 0.185 e. The number of aliphatic hydroxyl groups excluding tert-OH is 1. The van der Waals surface area contributed by atoms with E-state index in [0.29, 0.717) is 23.3 Å². The zero-order valence-corrected chi connectivity index (χ0v) is 10.8. The molecular formula is C14H21NO2. The number of aliphatic hydroxyl groups is 1. The lowest BCUT2D eigenvalue weighted by Crippen LogP contribution is -2.66. The zero-order valence-electron chi connectivity index (χ0n) is 10.8. The Balaban J connectivity index is 1.74. The quantitative estimate of drug-likeness (QED) is 0.700. The third-order valence-corrected chi connectivity index (χ3v) is 6.13. The first-order valence-electron chi connectivity index (χ1n) is 6.80. The summed E-state index contributed by atoms with van der Waals surface area (Å²) < 4.78 is 6.35.